The van der Waals surface area contributed by atoms with E-state index in [9.17, 15) is 0 Å². The smallest absolute Gasteiger partial charge is 0.241 e. The zero-order valence-corrected chi connectivity index (χ0v) is 7.55. The van der Waals surface area contributed by atoms with Crippen molar-refractivity contribution in [1.29, 1.82) is 0 Å². The lowest BCUT2D eigenvalue weighted by Gasteiger charge is -1.96. The van der Waals surface area contributed by atoms with E-state index in [4.69, 9.17) is 10.2 Å². The molecule has 1 aromatic heterocycles. The molecule has 0 aliphatic carbocycles. The summed E-state index contributed by atoms with van der Waals surface area (Å²) in [6.45, 7) is 2.19. The maximum absolute atomic E-state index is 9.14. The van der Waals surface area contributed by atoms with Crippen LogP contribution in [0.5, 0.6) is 0 Å². The van der Waals surface area contributed by atoms with E-state index < -0.39 is 0 Å². The summed E-state index contributed by atoms with van der Waals surface area (Å²) in [5.74, 6) is 0.0894. The molecule has 1 aromatic rings. The Kier molecular flexibility index (Phi) is 3.71. The molecule has 1 heterocycles. The maximum Gasteiger partial charge on any atom is 0.241 e. The van der Waals surface area contributed by atoms with Gasteiger partial charge in [0.15, 0.2) is 0 Å². The Morgan fingerprint density at radius 2 is 2.17 bits per heavy atom. The minimum atomic E-state index is 0.0894. The summed E-state index contributed by atoms with van der Waals surface area (Å²) in [6.07, 6.45) is 7.37. The van der Waals surface area contributed by atoms with Crippen LogP contribution in [0.3, 0.4) is 0 Å². The molecular formula is C10H15NO. The Morgan fingerprint density at radius 1 is 1.33 bits per heavy atom. The van der Waals surface area contributed by atoms with Crippen molar-refractivity contribution >= 4 is 5.88 Å². The Bertz CT molecular complexity index is 217. The Labute approximate surface area is 73.8 Å². The van der Waals surface area contributed by atoms with Crippen LogP contribution in [0.15, 0.2) is 16.7 Å². The first-order chi connectivity index (χ1) is 5.84. The van der Waals surface area contributed by atoms with Crippen LogP contribution < -0.4 is 5.73 Å². The molecule has 0 bridgehead atoms. The van der Waals surface area contributed by atoms with E-state index in [1.807, 2.05) is 6.07 Å². The number of hydrogen-bond acceptors (Lipinski definition) is 1. The third kappa shape index (κ3) is 2.61. The van der Waals surface area contributed by atoms with Crippen LogP contribution in [-0.4, -0.2) is 0 Å². The highest BCUT2D eigenvalue weighted by Gasteiger charge is 2.02. The molecule has 1 rings (SSSR count). The van der Waals surface area contributed by atoms with Crippen LogP contribution in [0.25, 0.3) is 0 Å². The Hall–Kier alpha value is -0.920. The fraction of sp³-hybridized carbons (Fsp3) is 0.600. The third-order valence-electron chi connectivity index (χ3n) is 2.02. The number of hydrogen-bond donors (Lipinski definition) is 0. The maximum atomic E-state index is 9.14. The topological polar surface area (TPSA) is 35.4 Å². The molecule has 0 spiro atoms. The van der Waals surface area contributed by atoms with Gasteiger partial charge in [0.05, 0.1) is 6.26 Å². The van der Waals surface area contributed by atoms with Crippen molar-refractivity contribution in [2.45, 2.75) is 39.0 Å². The van der Waals surface area contributed by atoms with Gasteiger partial charge in [0, 0.05) is 5.56 Å². The van der Waals surface area contributed by atoms with Gasteiger partial charge in [0.1, 0.15) is 0 Å². The molecule has 0 amide bonds. The fourth-order valence-corrected chi connectivity index (χ4v) is 1.26. The van der Waals surface area contributed by atoms with Crippen LogP contribution in [-0.2, 0) is 6.42 Å². The second-order valence-electron chi connectivity index (χ2n) is 3.06. The minimum Gasteiger partial charge on any atom is -0.445 e. The number of furan rings is 1. The standard InChI is InChI=1S/C10H15NO/c1-2-3-4-5-6-9-7-8-12-10(9)11/h7-8H,2-6H2,1H3. The predicted molar refractivity (Wildman–Crippen MR) is 48.3 cm³/mol. The SMILES string of the molecule is CCCCCCc1ccoc1[N]. The zero-order chi connectivity index (χ0) is 8.81. The highest BCUT2D eigenvalue weighted by atomic mass is 16.3. The average Bonchev–Trinajstić information content (AvgIpc) is 2.46. The van der Waals surface area contributed by atoms with E-state index >= 15 is 0 Å². The van der Waals surface area contributed by atoms with Crippen molar-refractivity contribution in [2.75, 3.05) is 0 Å². The van der Waals surface area contributed by atoms with Crippen LogP contribution in [0.2, 0.25) is 0 Å². The van der Waals surface area contributed by atoms with Crippen molar-refractivity contribution in [3.63, 3.8) is 0 Å². The number of aryl methyl sites for hydroxylation is 1. The van der Waals surface area contributed by atoms with Crippen molar-refractivity contribution in [2.24, 2.45) is 0 Å². The summed E-state index contributed by atoms with van der Waals surface area (Å²) in [7, 11) is 0. The number of rotatable bonds is 5. The summed E-state index contributed by atoms with van der Waals surface area (Å²) in [5, 5.41) is 0. The van der Waals surface area contributed by atoms with E-state index in [1.165, 1.54) is 25.5 Å². The number of unbranched alkanes of at least 4 members (excludes halogenated alkanes) is 3. The number of nitrogens with zero attached hydrogens (tertiary/aromatic N) is 1. The molecular weight excluding hydrogens is 150 g/mol. The molecule has 66 valence electrons. The quantitative estimate of drug-likeness (QED) is 0.617. The summed E-state index contributed by atoms with van der Waals surface area (Å²) >= 11 is 0. The largest absolute Gasteiger partial charge is 0.445 e. The van der Waals surface area contributed by atoms with Gasteiger partial charge in [-0.15, -0.1) is 5.73 Å². The summed E-state index contributed by atoms with van der Waals surface area (Å²) < 4.78 is 4.78. The molecule has 2 nitrogen and oxygen atoms in total. The van der Waals surface area contributed by atoms with Gasteiger partial charge in [0.25, 0.3) is 0 Å². The molecule has 2 heteroatoms. The van der Waals surface area contributed by atoms with Crippen LogP contribution >= 0.6 is 0 Å². The average molecular weight is 165 g/mol. The van der Waals surface area contributed by atoms with Crippen molar-refractivity contribution in [3.8, 4) is 0 Å². The van der Waals surface area contributed by atoms with E-state index in [1.54, 1.807) is 0 Å². The first-order valence-electron chi connectivity index (χ1n) is 4.60. The third-order valence-corrected chi connectivity index (χ3v) is 2.02. The normalized spacial score (nSPS) is 10.4. The lowest BCUT2D eigenvalue weighted by Crippen LogP contribution is -1.84. The van der Waals surface area contributed by atoms with Crippen molar-refractivity contribution < 1.29 is 4.42 Å². The van der Waals surface area contributed by atoms with Crippen LogP contribution in [0.1, 0.15) is 38.2 Å². The van der Waals surface area contributed by atoms with Gasteiger partial charge in [0.2, 0.25) is 5.88 Å². The van der Waals surface area contributed by atoms with Crippen LogP contribution in [0, 0.1) is 0 Å². The van der Waals surface area contributed by atoms with Gasteiger partial charge in [-0.3, -0.25) is 0 Å². The molecule has 0 atom stereocenters. The molecule has 0 saturated carbocycles. The van der Waals surface area contributed by atoms with Gasteiger partial charge < -0.3 is 4.42 Å². The molecule has 0 saturated heterocycles. The van der Waals surface area contributed by atoms with Crippen molar-refractivity contribution in [3.05, 3.63) is 17.9 Å². The first-order valence-corrected chi connectivity index (χ1v) is 4.60. The summed E-state index contributed by atoms with van der Waals surface area (Å²) in [4.78, 5) is 0. The highest BCUT2D eigenvalue weighted by molar-refractivity contribution is 5.31. The second kappa shape index (κ2) is 4.86. The molecule has 0 aliphatic heterocycles. The van der Waals surface area contributed by atoms with Gasteiger partial charge in [-0.1, -0.05) is 26.2 Å². The fourth-order valence-electron chi connectivity index (χ4n) is 1.26. The van der Waals surface area contributed by atoms with Gasteiger partial charge in [-0.2, -0.15) is 0 Å². The summed E-state index contributed by atoms with van der Waals surface area (Å²) in [6, 6.07) is 1.83. The van der Waals surface area contributed by atoms with E-state index in [0.29, 0.717) is 0 Å². The molecule has 0 aromatic carbocycles. The lowest BCUT2D eigenvalue weighted by atomic mass is 10.1. The van der Waals surface area contributed by atoms with Crippen molar-refractivity contribution in [1.82, 2.24) is 5.73 Å². The zero-order valence-electron chi connectivity index (χ0n) is 7.55. The molecule has 0 unspecified atom stereocenters. The Morgan fingerprint density at radius 3 is 2.75 bits per heavy atom. The molecule has 2 radical (unpaired) electrons. The summed E-state index contributed by atoms with van der Waals surface area (Å²) in [5.41, 5.74) is 10.1. The Balaban J connectivity index is 2.20. The van der Waals surface area contributed by atoms with E-state index in [0.717, 1.165) is 18.4 Å². The highest BCUT2D eigenvalue weighted by Crippen LogP contribution is 2.17. The van der Waals surface area contributed by atoms with Gasteiger partial charge >= 0.3 is 0 Å². The predicted octanol–water partition coefficient (Wildman–Crippen LogP) is 3.10. The van der Waals surface area contributed by atoms with E-state index in [2.05, 4.69) is 6.92 Å². The van der Waals surface area contributed by atoms with Gasteiger partial charge in [-0.05, 0) is 18.9 Å². The van der Waals surface area contributed by atoms with Crippen LogP contribution in [0.4, 0.5) is 5.88 Å². The molecule has 0 aliphatic rings. The molecule has 0 N–H and O–H groups in total. The molecule has 12 heavy (non-hydrogen) atoms. The first kappa shape index (κ1) is 9.17. The molecule has 0 fully saturated rings. The van der Waals surface area contributed by atoms with Gasteiger partial charge in [-0.25, -0.2) is 0 Å². The lowest BCUT2D eigenvalue weighted by molar-refractivity contribution is 0.568. The van der Waals surface area contributed by atoms with E-state index in [-0.39, 0.29) is 5.88 Å². The minimum absolute atomic E-state index is 0.0894. The monoisotopic (exact) mass is 165 g/mol. The second-order valence-corrected chi connectivity index (χ2v) is 3.06.